The van der Waals surface area contributed by atoms with Gasteiger partial charge in [-0.15, -0.1) is 0 Å². The maximum absolute atomic E-state index is 12.7. The first kappa shape index (κ1) is 15.3. The highest BCUT2D eigenvalue weighted by Gasteiger charge is 2.47. The average molecular weight is 326 g/mol. The molecule has 2 N–H and O–H groups in total. The molecule has 1 heterocycles. The standard InChI is InChI=1S/C18H22N4O2/c1-11-6-14(22-10-19-9-20-22)4-5-15(11)18(24)21-17-13-3-2-12(7-13)16(17)8-23/h4-6,9-10,12-13,16-17,23H,2-3,7-8H2,1H3,(H,21,24). The monoisotopic (exact) mass is 326 g/mol. The predicted octanol–water partition coefficient (Wildman–Crippen LogP) is 1.71. The number of aryl methyl sites for hydroxylation is 1. The molecule has 2 aliphatic rings. The zero-order valence-electron chi connectivity index (χ0n) is 13.7. The van der Waals surface area contributed by atoms with Gasteiger partial charge < -0.3 is 10.4 Å². The minimum absolute atomic E-state index is 0.0476. The summed E-state index contributed by atoms with van der Waals surface area (Å²) in [6.07, 6.45) is 6.61. The lowest BCUT2D eigenvalue weighted by Gasteiger charge is -2.30. The maximum Gasteiger partial charge on any atom is 0.251 e. The van der Waals surface area contributed by atoms with E-state index in [9.17, 15) is 9.90 Å². The second kappa shape index (κ2) is 6.02. The fraction of sp³-hybridized carbons (Fsp3) is 0.500. The Kier molecular flexibility index (Phi) is 3.84. The zero-order valence-corrected chi connectivity index (χ0v) is 13.7. The highest BCUT2D eigenvalue weighted by Crippen LogP contribution is 2.48. The molecule has 1 aromatic heterocycles. The van der Waals surface area contributed by atoms with Gasteiger partial charge in [0.15, 0.2) is 0 Å². The molecular weight excluding hydrogens is 304 g/mol. The van der Waals surface area contributed by atoms with Crippen LogP contribution in [0.5, 0.6) is 0 Å². The van der Waals surface area contributed by atoms with Crippen molar-refractivity contribution in [2.75, 3.05) is 6.61 Å². The van der Waals surface area contributed by atoms with Crippen molar-refractivity contribution < 1.29 is 9.90 Å². The van der Waals surface area contributed by atoms with Gasteiger partial charge in [0.25, 0.3) is 5.91 Å². The van der Waals surface area contributed by atoms with Crippen molar-refractivity contribution in [3.63, 3.8) is 0 Å². The molecule has 2 aromatic rings. The van der Waals surface area contributed by atoms with Crippen molar-refractivity contribution in [1.82, 2.24) is 20.1 Å². The number of carbonyl (C=O) groups excluding carboxylic acids is 1. The highest BCUT2D eigenvalue weighted by atomic mass is 16.3. The topological polar surface area (TPSA) is 80.0 Å². The number of rotatable bonds is 4. The van der Waals surface area contributed by atoms with Gasteiger partial charge in [-0.3, -0.25) is 4.79 Å². The van der Waals surface area contributed by atoms with Crippen molar-refractivity contribution in [2.45, 2.75) is 32.2 Å². The number of carbonyl (C=O) groups is 1. The quantitative estimate of drug-likeness (QED) is 0.896. The molecule has 4 unspecified atom stereocenters. The Morgan fingerprint density at radius 1 is 1.38 bits per heavy atom. The van der Waals surface area contributed by atoms with E-state index in [-0.39, 0.29) is 24.5 Å². The fourth-order valence-electron chi connectivity index (χ4n) is 4.51. The van der Waals surface area contributed by atoms with E-state index in [4.69, 9.17) is 0 Å². The highest BCUT2D eigenvalue weighted by molar-refractivity contribution is 5.96. The van der Waals surface area contributed by atoms with E-state index in [2.05, 4.69) is 15.4 Å². The second-order valence-electron chi connectivity index (χ2n) is 7.02. The van der Waals surface area contributed by atoms with Crippen LogP contribution in [0, 0.1) is 24.7 Å². The molecule has 0 aliphatic heterocycles. The van der Waals surface area contributed by atoms with E-state index in [0.717, 1.165) is 24.1 Å². The Hall–Kier alpha value is -2.21. The summed E-state index contributed by atoms with van der Waals surface area (Å²) in [6.45, 7) is 2.09. The van der Waals surface area contributed by atoms with Gasteiger partial charge in [0.2, 0.25) is 0 Å². The summed E-state index contributed by atoms with van der Waals surface area (Å²) in [5.41, 5.74) is 2.47. The van der Waals surface area contributed by atoms with Crippen LogP contribution < -0.4 is 5.32 Å². The number of hydrogen-bond acceptors (Lipinski definition) is 4. The lowest BCUT2D eigenvalue weighted by Crippen LogP contribution is -2.45. The van der Waals surface area contributed by atoms with Gasteiger partial charge in [0.1, 0.15) is 12.7 Å². The molecule has 0 saturated heterocycles. The van der Waals surface area contributed by atoms with E-state index in [0.29, 0.717) is 17.4 Å². The molecule has 1 amide bonds. The smallest absolute Gasteiger partial charge is 0.251 e. The Morgan fingerprint density at radius 2 is 2.21 bits per heavy atom. The molecule has 2 fully saturated rings. The molecule has 4 rings (SSSR count). The average Bonchev–Trinajstić information content (AvgIpc) is 3.31. The normalized spacial score (nSPS) is 28.2. The van der Waals surface area contributed by atoms with E-state index in [1.807, 2.05) is 25.1 Å². The summed E-state index contributed by atoms with van der Waals surface area (Å²) < 4.78 is 1.67. The van der Waals surface area contributed by atoms with Crippen LogP contribution in [0.3, 0.4) is 0 Å². The molecule has 2 bridgehead atoms. The third kappa shape index (κ3) is 2.51. The van der Waals surface area contributed by atoms with Crippen LogP contribution in [-0.2, 0) is 0 Å². The minimum Gasteiger partial charge on any atom is -0.396 e. The van der Waals surface area contributed by atoms with Crippen molar-refractivity contribution in [3.05, 3.63) is 42.0 Å². The van der Waals surface area contributed by atoms with E-state index in [1.54, 1.807) is 11.0 Å². The molecule has 0 radical (unpaired) electrons. The summed E-state index contributed by atoms with van der Waals surface area (Å²) in [6, 6.07) is 5.76. The Bertz CT molecular complexity index is 743. The SMILES string of the molecule is Cc1cc(-n2cncn2)ccc1C(=O)NC1C2CCC(C2)C1CO. The van der Waals surface area contributed by atoms with Gasteiger partial charge in [-0.2, -0.15) is 5.10 Å². The second-order valence-corrected chi connectivity index (χ2v) is 7.02. The number of aliphatic hydroxyl groups is 1. The number of aromatic nitrogens is 3. The third-order valence-electron chi connectivity index (χ3n) is 5.73. The van der Waals surface area contributed by atoms with Crippen LogP contribution in [-0.4, -0.2) is 38.4 Å². The molecule has 6 heteroatoms. The number of nitrogens with zero attached hydrogens (tertiary/aromatic N) is 3. The Morgan fingerprint density at radius 3 is 2.92 bits per heavy atom. The predicted molar refractivity (Wildman–Crippen MR) is 88.8 cm³/mol. The first-order valence-electron chi connectivity index (χ1n) is 8.54. The number of benzene rings is 1. The molecule has 0 spiro atoms. The molecule has 24 heavy (non-hydrogen) atoms. The van der Waals surface area contributed by atoms with Crippen LogP contribution in [0.2, 0.25) is 0 Å². The van der Waals surface area contributed by atoms with Crippen LogP contribution in [0.25, 0.3) is 5.69 Å². The molecule has 2 aliphatic carbocycles. The maximum atomic E-state index is 12.7. The number of aliphatic hydroxyl groups excluding tert-OH is 1. The number of amides is 1. The van der Waals surface area contributed by atoms with Crippen LogP contribution in [0.1, 0.15) is 35.2 Å². The lowest BCUT2D eigenvalue weighted by atomic mass is 9.85. The van der Waals surface area contributed by atoms with Gasteiger partial charge in [0, 0.05) is 24.1 Å². The largest absolute Gasteiger partial charge is 0.396 e. The molecule has 6 nitrogen and oxygen atoms in total. The van der Waals surface area contributed by atoms with Gasteiger partial charge in [0.05, 0.1) is 5.69 Å². The van der Waals surface area contributed by atoms with E-state index in [1.165, 1.54) is 12.7 Å². The third-order valence-corrected chi connectivity index (χ3v) is 5.73. The Balaban J connectivity index is 1.52. The zero-order chi connectivity index (χ0) is 16.7. The molecule has 126 valence electrons. The molecule has 4 atom stereocenters. The summed E-state index contributed by atoms with van der Waals surface area (Å²) in [7, 11) is 0. The van der Waals surface area contributed by atoms with Crippen LogP contribution >= 0.6 is 0 Å². The van der Waals surface area contributed by atoms with Crippen molar-refractivity contribution in [3.8, 4) is 5.69 Å². The lowest BCUT2D eigenvalue weighted by molar-refractivity contribution is 0.0861. The number of fused-ring (bicyclic) bond motifs is 2. The van der Waals surface area contributed by atoms with Crippen molar-refractivity contribution in [2.24, 2.45) is 17.8 Å². The first-order valence-corrected chi connectivity index (χ1v) is 8.54. The minimum atomic E-state index is -0.0476. The van der Waals surface area contributed by atoms with E-state index >= 15 is 0 Å². The van der Waals surface area contributed by atoms with Gasteiger partial charge >= 0.3 is 0 Å². The molecule has 1 aromatic carbocycles. The van der Waals surface area contributed by atoms with Crippen LogP contribution in [0.4, 0.5) is 0 Å². The molecule has 2 saturated carbocycles. The first-order chi connectivity index (χ1) is 11.7. The Labute approximate surface area is 140 Å². The number of hydrogen-bond donors (Lipinski definition) is 2. The van der Waals surface area contributed by atoms with E-state index < -0.39 is 0 Å². The van der Waals surface area contributed by atoms with Crippen molar-refractivity contribution in [1.29, 1.82) is 0 Å². The summed E-state index contributed by atoms with van der Waals surface area (Å²) in [4.78, 5) is 16.7. The van der Waals surface area contributed by atoms with Crippen molar-refractivity contribution >= 4 is 5.91 Å². The summed E-state index contributed by atoms with van der Waals surface area (Å²) in [5, 5.41) is 17.0. The molecular formula is C18H22N4O2. The van der Waals surface area contributed by atoms with Crippen LogP contribution in [0.15, 0.2) is 30.9 Å². The van der Waals surface area contributed by atoms with Gasteiger partial charge in [-0.1, -0.05) is 0 Å². The fourth-order valence-corrected chi connectivity index (χ4v) is 4.51. The van der Waals surface area contributed by atoms with Gasteiger partial charge in [-0.25, -0.2) is 9.67 Å². The van der Waals surface area contributed by atoms with Gasteiger partial charge in [-0.05, 0) is 61.8 Å². The number of nitrogens with one attached hydrogen (secondary N) is 1. The summed E-state index contributed by atoms with van der Waals surface area (Å²) >= 11 is 0. The summed E-state index contributed by atoms with van der Waals surface area (Å²) in [5.74, 6) is 1.25.